The molecule has 182 valence electrons. The van der Waals surface area contributed by atoms with Gasteiger partial charge in [0.05, 0.1) is 10.4 Å². The van der Waals surface area contributed by atoms with Crippen LogP contribution in [0.3, 0.4) is 0 Å². The molecule has 0 unspecified atom stereocenters. The Morgan fingerprint density at radius 1 is 1.09 bits per heavy atom. The van der Waals surface area contributed by atoms with E-state index in [9.17, 15) is 18.0 Å². The van der Waals surface area contributed by atoms with Crippen LogP contribution in [0.5, 0.6) is 0 Å². The van der Waals surface area contributed by atoms with Gasteiger partial charge in [-0.15, -0.1) is 0 Å². The largest absolute Gasteiger partial charge is 0.420 e. The van der Waals surface area contributed by atoms with Gasteiger partial charge in [0.15, 0.2) is 5.58 Å². The standard InChI is InChI=1S/C24H30N4O5S/c1-3-18(2)26-11-13-27(14-12-26)23(29)17-28-21-10-9-20(15-22(21)33-24(28)30)34(31,32)25-16-19-7-5-4-6-8-19/h4-10,15,18,25H,3,11-14,16-17H2,1-2H3/t18-/m1/s1. The summed E-state index contributed by atoms with van der Waals surface area (Å²) in [4.78, 5) is 29.4. The first-order valence-corrected chi connectivity index (χ1v) is 13.0. The number of hydrogen-bond donors (Lipinski definition) is 1. The fourth-order valence-electron chi connectivity index (χ4n) is 4.13. The van der Waals surface area contributed by atoms with E-state index in [2.05, 4.69) is 23.5 Å². The topological polar surface area (TPSA) is 105 Å². The quantitative estimate of drug-likeness (QED) is 0.522. The molecule has 2 aromatic carbocycles. The number of aromatic nitrogens is 1. The Hall–Kier alpha value is -2.95. The summed E-state index contributed by atoms with van der Waals surface area (Å²) in [5.41, 5.74) is 1.34. The van der Waals surface area contributed by atoms with Crippen molar-refractivity contribution in [2.75, 3.05) is 26.2 Å². The Bertz CT molecular complexity index is 1310. The lowest BCUT2D eigenvalue weighted by Gasteiger charge is -2.37. The molecule has 1 atom stereocenters. The van der Waals surface area contributed by atoms with Crippen LogP contribution in [-0.2, 0) is 27.9 Å². The lowest BCUT2D eigenvalue weighted by atomic mass is 10.2. The molecule has 1 aromatic heterocycles. The number of nitrogens with one attached hydrogen (secondary N) is 1. The zero-order valence-corrected chi connectivity index (χ0v) is 20.3. The first-order chi connectivity index (χ1) is 16.3. The van der Waals surface area contributed by atoms with Gasteiger partial charge in [-0.25, -0.2) is 17.9 Å². The van der Waals surface area contributed by atoms with Gasteiger partial charge in [0.25, 0.3) is 0 Å². The monoisotopic (exact) mass is 486 g/mol. The summed E-state index contributed by atoms with van der Waals surface area (Å²) in [6.07, 6.45) is 1.06. The zero-order valence-electron chi connectivity index (χ0n) is 19.4. The van der Waals surface area contributed by atoms with Crippen LogP contribution in [0.4, 0.5) is 0 Å². The number of fused-ring (bicyclic) bond motifs is 1. The number of carbonyl (C=O) groups is 1. The Labute approximate surface area is 199 Å². The molecule has 3 aromatic rings. The highest BCUT2D eigenvalue weighted by atomic mass is 32.2. The smallest absolute Gasteiger partial charge is 0.408 e. The van der Waals surface area contributed by atoms with Gasteiger partial charge in [-0.1, -0.05) is 37.3 Å². The van der Waals surface area contributed by atoms with E-state index in [1.165, 1.54) is 22.8 Å². The molecule has 1 aliphatic heterocycles. The molecular weight excluding hydrogens is 456 g/mol. The van der Waals surface area contributed by atoms with E-state index in [0.717, 1.165) is 25.1 Å². The molecule has 9 nitrogen and oxygen atoms in total. The van der Waals surface area contributed by atoms with Crippen molar-refractivity contribution >= 4 is 27.0 Å². The van der Waals surface area contributed by atoms with Gasteiger partial charge >= 0.3 is 5.76 Å². The average molecular weight is 487 g/mol. The second-order valence-corrected chi connectivity index (χ2v) is 10.3. The van der Waals surface area contributed by atoms with E-state index >= 15 is 0 Å². The van der Waals surface area contributed by atoms with Crippen LogP contribution in [0.1, 0.15) is 25.8 Å². The van der Waals surface area contributed by atoms with Gasteiger partial charge in [0, 0.05) is 44.8 Å². The second kappa shape index (κ2) is 10.1. The van der Waals surface area contributed by atoms with Gasteiger partial charge in [-0.3, -0.25) is 14.3 Å². The molecule has 0 saturated carbocycles. The van der Waals surface area contributed by atoms with E-state index in [1.54, 1.807) is 4.90 Å². The number of benzene rings is 2. The zero-order chi connectivity index (χ0) is 24.3. The number of oxazole rings is 1. The molecule has 1 aliphatic rings. The summed E-state index contributed by atoms with van der Waals surface area (Å²) in [5, 5.41) is 0. The Balaban J connectivity index is 1.46. The molecule has 4 rings (SSSR count). The van der Waals surface area contributed by atoms with E-state index < -0.39 is 15.8 Å². The molecule has 1 fully saturated rings. The Morgan fingerprint density at radius 3 is 2.47 bits per heavy atom. The van der Waals surface area contributed by atoms with Crippen LogP contribution in [0, 0.1) is 0 Å². The fourth-order valence-corrected chi connectivity index (χ4v) is 5.16. The van der Waals surface area contributed by atoms with Crippen molar-refractivity contribution in [1.29, 1.82) is 0 Å². The van der Waals surface area contributed by atoms with Crippen LogP contribution in [0.2, 0.25) is 0 Å². The summed E-state index contributed by atoms with van der Waals surface area (Å²) in [6, 6.07) is 13.9. The number of rotatable bonds is 8. The first-order valence-electron chi connectivity index (χ1n) is 11.5. The van der Waals surface area contributed by atoms with Crippen molar-refractivity contribution in [2.24, 2.45) is 0 Å². The summed E-state index contributed by atoms with van der Waals surface area (Å²) < 4.78 is 34.5. The lowest BCUT2D eigenvalue weighted by molar-refractivity contribution is -0.133. The first kappa shape index (κ1) is 24.2. The highest BCUT2D eigenvalue weighted by Gasteiger charge is 2.25. The predicted octanol–water partition coefficient (Wildman–Crippen LogP) is 2.02. The van der Waals surface area contributed by atoms with Crippen molar-refractivity contribution in [2.45, 2.75) is 44.3 Å². The molecule has 0 aliphatic carbocycles. The van der Waals surface area contributed by atoms with Gasteiger partial charge in [-0.2, -0.15) is 0 Å². The molecule has 1 saturated heterocycles. The SMILES string of the molecule is CC[C@@H](C)N1CCN(C(=O)Cn2c(=O)oc3cc(S(=O)(=O)NCc4ccccc4)ccc32)CC1. The number of carbonyl (C=O) groups excluding carboxylic acids is 1. The van der Waals surface area contributed by atoms with Crippen molar-refractivity contribution < 1.29 is 17.6 Å². The van der Waals surface area contributed by atoms with Gasteiger partial charge in [-0.05, 0) is 31.0 Å². The second-order valence-electron chi connectivity index (χ2n) is 8.57. The number of nitrogens with zero attached hydrogens (tertiary/aromatic N) is 3. The summed E-state index contributed by atoms with van der Waals surface area (Å²) in [6.45, 7) is 7.16. The molecule has 0 bridgehead atoms. The van der Waals surface area contributed by atoms with Gasteiger partial charge in [0.1, 0.15) is 6.54 Å². The van der Waals surface area contributed by atoms with Crippen molar-refractivity contribution in [3.63, 3.8) is 0 Å². The molecule has 0 spiro atoms. The van der Waals surface area contributed by atoms with Crippen LogP contribution in [-0.4, -0.2) is 60.9 Å². The molecule has 1 amide bonds. The van der Waals surface area contributed by atoms with Crippen LogP contribution < -0.4 is 10.5 Å². The summed E-state index contributed by atoms with van der Waals surface area (Å²) in [5.74, 6) is -0.844. The highest BCUT2D eigenvalue weighted by Crippen LogP contribution is 2.19. The maximum atomic E-state index is 12.9. The molecular formula is C24H30N4O5S. The third-order valence-corrected chi connectivity index (χ3v) is 7.83. The van der Waals surface area contributed by atoms with Crippen LogP contribution in [0.15, 0.2) is 62.6 Å². The summed E-state index contributed by atoms with van der Waals surface area (Å²) >= 11 is 0. The maximum Gasteiger partial charge on any atom is 0.420 e. The lowest BCUT2D eigenvalue weighted by Crippen LogP contribution is -2.52. The Kier molecular flexibility index (Phi) is 7.20. The third-order valence-electron chi connectivity index (χ3n) is 6.43. The van der Waals surface area contributed by atoms with Gasteiger partial charge in [0.2, 0.25) is 15.9 Å². The minimum atomic E-state index is -3.81. The van der Waals surface area contributed by atoms with Crippen LogP contribution >= 0.6 is 0 Å². The predicted molar refractivity (Wildman–Crippen MR) is 129 cm³/mol. The van der Waals surface area contributed by atoms with Gasteiger partial charge < -0.3 is 9.32 Å². The highest BCUT2D eigenvalue weighted by molar-refractivity contribution is 7.89. The van der Waals surface area contributed by atoms with Crippen molar-refractivity contribution in [1.82, 2.24) is 19.1 Å². The third kappa shape index (κ3) is 5.24. The average Bonchev–Trinajstić information content (AvgIpc) is 3.17. The normalized spacial score (nSPS) is 16.1. The molecule has 2 heterocycles. The Morgan fingerprint density at radius 2 is 1.79 bits per heavy atom. The van der Waals surface area contributed by atoms with E-state index in [4.69, 9.17) is 4.42 Å². The molecule has 34 heavy (non-hydrogen) atoms. The minimum Gasteiger partial charge on any atom is -0.408 e. The van der Waals surface area contributed by atoms with Crippen molar-refractivity contribution in [3.05, 3.63) is 64.6 Å². The summed E-state index contributed by atoms with van der Waals surface area (Å²) in [7, 11) is -3.81. The molecule has 10 heteroatoms. The van der Waals surface area contributed by atoms with Crippen molar-refractivity contribution in [3.8, 4) is 0 Å². The number of amides is 1. The fraction of sp³-hybridized carbons (Fsp3) is 0.417. The number of hydrogen-bond acceptors (Lipinski definition) is 6. The maximum absolute atomic E-state index is 12.9. The number of sulfonamides is 1. The van der Waals surface area contributed by atoms with E-state index in [0.29, 0.717) is 24.6 Å². The molecule has 0 radical (unpaired) electrons. The number of piperazine rings is 1. The molecule has 1 N–H and O–H groups in total. The van der Waals surface area contributed by atoms with E-state index in [1.807, 2.05) is 30.3 Å². The van der Waals surface area contributed by atoms with Crippen LogP contribution in [0.25, 0.3) is 11.1 Å². The van der Waals surface area contributed by atoms with E-state index in [-0.39, 0.29) is 29.5 Å². The minimum absolute atomic E-state index is 0.00989.